The molecule has 26 heavy (non-hydrogen) atoms. The van der Waals surface area contributed by atoms with Crippen molar-refractivity contribution in [2.45, 2.75) is 0 Å². The Bertz CT molecular complexity index is 799. The summed E-state index contributed by atoms with van der Waals surface area (Å²) in [5.41, 5.74) is 1.37. The lowest BCUT2D eigenvalue weighted by Crippen LogP contribution is -2.34. The number of anilines is 1. The first-order valence-electron chi connectivity index (χ1n) is 7.50. The summed E-state index contributed by atoms with van der Waals surface area (Å²) in [7, 11) is 4.31. The van der Waals surface area contributed by atoms with Crippen LogP contribution in [0.25, 0.3) is 0 Å². The number of methoxy groups -OCH3 is 3. The van der Waals surface area contributed by atoms with Gasteiger partial charge in [0.05, 0.1) is 26.9 Å². The first-order valence-corrected chi connectivity index (χ1v) is 7.91. The molecule has 2 rings (SSSR count). The van der Waals surface area contributed by atoms with Gasteiger partial charge in [0.1, 0.15) is 11.5 Å². The lowest BCUT2D eigenvalue weighted by atomic mass is 10.2. The number of carbonyl (C=O) groups is 2. The molecule has 136 valence electrons. The molecule has 8 heteroatoms. The molecule has 0 unspecified atom stereocenters. The molecule has 0 radical (unpaired) electrons. The van der Waals surface area contributed by atoms with Crippen molar-refractivity contribution in [2.75, 3.05) is 26.6 Å². The van der Waals surface area contributed by atoms with Crippen molar-refractivity contribution in [3.63, 3.8) is 0 Å². The first-order chi connectivity index (χ1) is 12.5. The van der Waals surface area contributed by atoms with E-state index in [4.69, 9.17) is 21.7 Å². The maximum Gasteiger partial charge on any atom is 0.337 e. The summed E-state index contributed by atoms with van der Waals surface area (Å²) in [5.74, 6) is 0.142. The van der Waals surface area contributed by atoms with Gasteiger partial charge in [-0.3, -0.25) is 10.1 Å². The maximum atomic E-state index is 12.4. The summed E-state index contributed by atoms with van der Waals surface area (Å²) in [6, 6.07) is 11.3. The van der Waals surface area contributed by atoms with Crippen LogP contribution in [0.1, 0.15) is 20.7 Å². The number of hydrogen-bond donors (Lipinski definition) is 2. The predicted octanol–water partition coefficient (Wildman–Crippen LogP) is 2.62. The molecule has 0 fully saturated rings. The van der Waals surface area contributed by atoms with Crippen molar-refractivity contribution in [2.24, 2.45) is 0 Å². The van der Waals surface area contributed by atoms with Gasteiger partial charge in [-0.05, 0) is 48.6 Å². The number of carbonyl (C=O) groups excluding carboxylic acids is 2. The van der Waals surface area contributed by atoms with Crippen molar-refractivity contribution >= 4 is 34.9 Å². The Morgan fingerprint density at radius 1 is 0.885 bits per heavy atom. The van der Waals surface area contributed by atoms with Crippen LogP contribution in [0, 0.1) is 0 Å². The van der Waals surface area contributed by atoms with E-state index < -0.39 is 11.9 Å². The van der Waals surface area contributed by atoms with E-state index in [0.29, 0.717) is 28.3 Å². The normalized spacial score (nSPS) is 9.81. The zero-order valence-corrected chi connectivity index (χ0v) is 15.3. The maximum absolute atomic E-state index is 12.4. The van der Waals surface area contributed by atoms with Gasteiger partial charge >= 0.3 is 5.97 Å². The minimum absolute atomic E-state index is 0.114. The molecular formula is C18H18N2O5S. The largest absolute Gasteiger partial charge is 0.497 e. The molecule has 0 aliphatic heterocycles. The third-order valence-electron chi connectivity index (χ3n) is 3.40. The Morgan fingerprint density at radius 3 is 1.96 bits per heavy atom. The van der Waals surface area contributed by atoms with Gasteiger partial charge in [-0.2, -0.15) is 0 Å². The van der Waals surface area contributed by atoms with Gasteiger partial charge < -0.3 is 19.5 Å². The Kier molecular flexibility index (Phi) is 6.51. The molecule has 0 saturated carbocycles. The summed E-state index contributed by atoms with van der Waals surface area (Å²) in [4.78, 5) is 23.8. The average Bonchev–Trinajstić information content (AvgIpc) is 2.67. The van der Waals surface area contributed by atoms with Crippen LogP contribution in [-0.2, 0) is 4.74 Å². The third-order valence-corrected chi connectivity index (χ3v) is 3.61. The lowest BCUT2D eigenvalue weighted by Gasteiger charge is -2.11. The fourth-order valence-electron chi connectivity index (χ4n) is 2.08. The molecule has 0 bridgehead atoms. The quantitative estimate of drug-likeness (QED) is 0.615. The molecule has 0 aliphatic carbocycles. The minimum atomic E-state index is -0.431. The number of nitrogens with one attached hydrogen (secondary N) is 2. The monoisotopic (exact) mass is 374 g/mol. The molecule has 0 spiro atoms. The SMILES string of the molecule is COC(=O)c1ccc(NC(=S)NC(=O)c2cc(OC)cc(OC)c2)cc1. The van der Waals surface area contributed by atoms with Crippen LogP contribution in [0.3, 0.4) is 0 Å². The summed E-state index contributed by atoms with van der Waals surface area (Å²) >= 11 is 5.14. The Morgan fingerprint density at radius 2 is 1.46 bits per heavy atom. The molecular weight excluding hydrogens is 356 g/mol. The highest BCUT2D eigenvalue weighted by Crippen LogP contribution is 2.22. The van der Waals surface area contributed by atoms with Crippen LogP contribution in [0.5, 0.6) is 11.5 Å². The molecule has 2 N–H and O–H groups in total. The molecule has 0 atom stereocenters. The van der Waals surface area contributed by atoms with Gasteiger partial charge in [-0.15, -0.1) is 0 Å². The van der Waals surface area contributed by atoms with Crippen molar-refractivity contribution in [1.82, 2.24) is 5.32 Å². The summed E-state index contributed by atoms with van der Waals surface area (Å²) < 4.78 is 14.9. The topological polar surface area (TPSA) is 85.9 Å². The van der Waals surface area contributed by atoms with Crippen LogP contribution >= 0.6 is 12.2 Å². The predicted molar refractivity (Wildman–Crippen MR) is 101 cm³/mol. The van der Waals surface area contributed by atoms with E-state index in [0.717, 1.165) is 0 Å². The average molecular weight is 374 g/mol. The lowest BCUT2D eigenvalue weighted by molar-refractivity contribution is 0.0600. The number of thiocarbonyl (C=S) groups is 1. The fraction of sp³-hybridized carbons (Fsp3) is 0.167. The van der Waals surface area contributed by atoms with E-state index in [1.54, 1.807) is 42.5 Å². The Labute approximate surface area is 156 Å². The van der Waals surface area contributed by atoms with Crippen molar-refractivity contribution in [3.8, 4) is 11.5 Å². The van der Waals surface area contributed by atoms with Gasteiger partial charge in [0.2, 0.25) is 0 Å². The molecule has 2 aromatic carbocycles. The highest BCUT2D eigenvalue weighted by atomic mass is 32.1. The molecule has 7 nitrogen and oxygen atoms in total. The fourth-order valence-corrected chi connectivity index (χ4v) is 2.29. The highest BCUT2D eigenvalue weighted by molar-refractivity contribution is 7.80. The number of amides is 1. The van der Waals surface area contributed by atoms with Crippen molar-refractivity contribution in [1.29, 1.82) is 0 Å². The van der Waals surface area contributed by atoms with Crippen molar-refractivity contribution < 1.29 is 23.8 Å². The standard InChI is InChI=1S/C18H18N2O5S/c1-23-14-8-12(9-15(10-14)24-2)16(21)20-18(26)19-13-6-4-11(5-7-13)17(22)25-3/h4-10H,1-3H3,(H2,19,20,21,26). The zero-order chi connectivity index (χ0) is 19.1. The summed E-state index contributed by atoms with van der Waals surface area (Å²) in [5, 5.41) is 5.56. The minimum Gasteiger partial charge on any atom is -0.497 e. The van der Waals surface area contributed by atoms with Gasteiger partial charge in [0, 0.05) is 17.3 Å². The molecule has 0 aromatic heterocycles. The van der Waals surface area contributed by atoms with Crippen molar-refractivity contribution in [3.05, 3.63) is 53.6 Å². The Hall–Kier alpha value is -3.13. The summed E-state index contributed by atoms with van der Waals surface area (Å²) in [6.07, 6.45) is 0. The second-order valence-electron chi connectivity index (χ2n) is 5.08. The third kappa shape index (κ3) is 4.93. The first kappa shape index (κ1) is 19.2. The number of hydrogen-bond acceptors (Lipinski definition) is 6. The molecule has 0 saturated heterocycles. The second kappa shape index (κ2) is 8.82. The molecule has 1 amide bonds. The van der Waals surface area contributed by atoms with Gasteiger partial charge in [0.25, 0.3) is 5.91 Å². The summed E-state index contributed by atoms with van der Waals surface area (Å²) in [6.45, 7) is 0. The van der Waals surface area contributed by atoms with Crippen LogP contribution in [0.4, 0.5) is 5.69 Å². The second-order valence-corrected chi connectivity index (χ2v) is 5.49. The molecule has 0 heterocycles. The number of rotatable bonds is 5. The van der Waals surface area contributed by atoms with Gasteiger partial charge in [-0.25, -0.2) is 4.79 Å². The number of benzene rings is 2. The smallest absolute Gasteiger partial charge is 0.337 e. The highest BCUT2D eigenvalue weighted by Gasteiger charge is 2.12. The number of ether oxygens (including phenoxy) is 3. The van der Waals surface area contributed by atoms with Crippen LogP contribution in [0.2, 0.25) is 0 Å². The van der Waals surface area contributed by atoms with Gasteiger partial charge in [0.15, 0.2) is 5.11 Å². The number of esters is 1. The molecule has 2 aromatic rings. The van der Waals surface area contributed by atoms with Crippen LogP contribution in [0.15, 0.2) is 42.5 Å². The van der Waals surface area contributed by atoms with E-state index in [1.807, 2.05) is 0 Å². The van der Waals surface area contributed by atoms with Crippen LogP contribution in [-0.4, -0.2) is 38.3 Å². The van der Waals surface area contributed by atoms with E-state index in [9.17, 15) is 9.59 Å². The molecule has 0 aliphatic rings. The zero-order valence-electron chi connectivity index (χ0n) is 14.5. The van der Waals surface area contributed by atoms with E-state index in [2.05, 4.69) is 15.4 Å². The Balaban J connectivity index is 2.03. The van der Waals surface area contributed by atoms with E-state index in [-0.39, 0.29) is 5.11 Å². The van der Waals surface area contributed by atoms with Crippen LogP contribution < -0.4 is 20.1 Å². The van der Waals surface area contributed by atoms with E-state index >= 15 is 0 Å². The van der Waals surface area contributed by atoms with Gasteiger partial charge in [-0.1, -0.05) is 0 Å². The van der Waals surface area contributed by atoms with E-state index in [1.165, 1.54) is 21.3 Å².